The van der Waals surface area contributed by atoms with Gasteiger partial charge in [-0.05, 0) is 49.3 Å². The first-order valence-corrected chi connectivity index (χ1v) is 9.91. The Morgan fingerprint density at radius 3 is 2.46 bits per heavy atom. The van der Waals surface area contributed by atoms with Crippen molar-refractivity contribution in [3.63, 3.8) is 0 Å². The monoisotopic (exact) mass is 354 g/mol. The number of hydrogen-bond donors (Lipinski definition) is 0. The average molecular weight is 354 g/mol. The van der Waals surface area contributed by atoms with E-state index in [4.69, 9.17) is 0 Å². The number of benzene rings is 1. The number of aryl methyl sites for hydroxylation is 1. The van der Waals surface area contributed by atoms with Crippen LogP contribution in [0, 0.1) is 5.92 Å². The molecule has 1 aromatic carbocycles. The molecule has 0 N–H and O–H groups in total. The lowest BCUT2D eigenvalue weighted by Gasteiger charge is -2.38. The van der Waals surface area contributed by atoms with Gasteiger partial charge in [0.2, 0.25) is 11.8 Å². The fourth-order valence-corrected chi connectivity index (χ4v) is 4.24. The van der Waals surface area contributed by atoms with Crippen LogP contribution in [-0.2, 0) is 16.0 Å². The van der Waals surface area contributed by atoms with Gasteiger partial charge in [-0.25, -0.2) is 0 Å². The Balaban J connectivity index is 1.63. The highest BCUT2D eigenvalue weighted by atomic mass is 16.2. The van der Waals surface area contributed by atoms with Gasteiger partial charge in [0.15, 0.2) is 0 Å². The van der Waals surface area contributed by atoms with Crippen molar-refractivity contribution >= 4 is 11.8 Å². The normalized spacial score (nSPS) is 23.6. The number of piperidine rings is 2. The highest BCUT2D eigenvalue weighted by Crippen LogP contribution is 2.29. The summed E-state index contributed by atoms with van der Waals surface area (Å²) in [5.41, 5.74) is 2.69. The molecule has 26 heavy (non-hydrogen) atoms. The summed E-state index contributed by atoms with van der Waals surface area (Å²) in [6.45, 7) is 8.65. The maximum atomic E-state index is 13.0. The van der Waals surface area contributed by atoms with Crippen LogP contribution in [-0.4, -0.2) is 47.8 Å². The van der Waals surface area contributed by atoms with Crippen molar-refractivity contribution in [2.75, 3.05) is 26.2 Å². The summed E-state index contributed by atoms with van der Waals surface area (Å²) in [7, 11) is 0. The Labute approximate surface area is 156 Å². The Morgan fingerprint density at radius 2 is 1.77 bits per heavy atom. The number of hydrogen-bond acceptors (Lipinski definition) is 2. The van der Waals surface area contributed by atoms with E-state index in [9.17, 15) is 9.59 Å². The fourth-order valence-electron chi connectivity index (χ4n) is 4.24. The van der Waals surface area contributed by atoms with Crippen LogP contribution in [0.15, 0.2) is 36.9 Å². The van der Waals surface area contributed by atoms with Crippen LogP contribution in [0.5, 0.6) is 0 Å². The summed E-state index contributed by atoms with van der Waals surface area (Å²) in [6, 6.07) is 8.86. The molecule has 2 heterocycles. The van der Waals surface area contributed by atoms with E-state index in [0.29, 0.717) is 12.5 Å². The van der Waals surface area contributed by atoms with Crippen molar-refractivity contribution in [1.82, 2.24) is 9.80 Å². The van der Waals surface area contributed by atoms with Crippen LogP contribution in [0.1, 0.15) is 49.7 Å². The predicted molar refractivity (Wildman–Crippen MR) is 104 cm³/mol. The van der Waals surface area contributed by atoms with Gasteiger partial charge in [0, 0.05) is 32.1 Å². The standard InChI is InChI=1S/C22H30N2O2/c1-3-17-9-11-18(12-10-17)19-7-5-14-24(15-19)22(26)20-8-6-13-23(16-20)21(25)4-2/h4,9-12,19-20H,2-3,5-8,13-16H2,1H3. The average Bonchev–Trinajstić information content (AvgIpc) is 2.72. The van der Waals surface area contributed by atoms with E-state index < -0.39 is 0 Å². The molecular formula is C22H30N2O2. The van der Waals surface area contributed by atoms with Gasteiger partial charge >= 0.3 is 0 Å². The maximum Gasteiger partial charge on any atom is 0.245 e. The number of carbonyl (C=O) groups excluding carboxylic acids is 2. The van der Waals surface area contributed by atoms with Gasteiger partial charge in [0.05, 0.1) is 5.92 Å². The van der Waals surface area contributed by atoms with Gasteiger partial charge in [0.1, 0.15) is 0 Å². The van der Waals surface area contributed by atoms with E-state index in [1.54, 1.807) is 4.90 Å². The van der Waals surface area contributed by atoms with Gasteiger partial charge in [-0.3, -0.25) is 9.59 Å². The Kier molecular flexibility index (Phi) is 6.12. The lowest BCUT2D eigenvalue weighted by Crippen LogP contribution is -2.48. The first-order valence-electron chi connectivity index (χ1n) is 9.91. The van der Waals surface area contributed by atoms with Crippen molar-refractivity contribution in [1.29, 1.82) is 0 Å². The first-order chi connectivity index (χ1) is 12.6. The van der Waals surface area contributed by atoms with Gasteiger partial charge in [-0.1, -0.05) is 37.8 Å². The summed E-state index contributed by atoms with van der Waals surface area (Å²) >= 11 is 0. The first kappa shape index (κ1) is 18.7. The Hall–Kier alpha value is -2.10. The van der Waals surface area contributed by atoms with Crippen LogP contribution < -0.4 is 0 Å². The minimum atomic E-state index is -0.0612. The minimum Gasteiger partial charge on any atom is -0.342 e. The molecule has 2 aliphatic heterocycles. The largest absolute Gasteiger partial charge is 0.342 e. The van der Waals surface area contributed by atoms with Crippen LogP contribution in [0.2, 0.25) is 0 Å². The Bertz CT molecular complexity index is 653. The van der Waals surface area contributed by atoms with Crippen LogP contribution >= 0.6 is 0 Å². The number of rotatable bonds is 4. The molecule has 2 fully saturated rings. The van der Waals surface area contributed by atoms with Gasteiger partial charge in [0.25, 0.3) is 0 Å². The number of carbonyl (C=O) groups is 2. The molecule has 1 aromatic rings. The van der Waals surface area contributed by atoms with Crippen LogP contribution in [0.25, 0.3) is 0 Å². The molecular weight excluding hydrogens is 324 g/mol. The molecule has 2 unspecified atom stereocenters. The number of amides is 2. The highest BCUT2D eigenvalue weighted by Gasteiger charge is 2.33. The van der Waals surface area contributed by atoms with Crippen molar-refractivity contribution in [3.05, 3.63) is 48.0 Å². The summed E-state index contributed by atoms with van der Waals surface area (Å²) in [5.74, 6) is 0.526. The fraction of sp³-hybridized carbons (Fsp3) is 0.545. The molecule has 3 rings (SSSR count). The zero-order valence-corrected chi connectivity index (χ0v) is 15.8. The second kappa shape index (κ2) is 8.52. The molecule has 0 aromatic heterocycles. The van der Waals surface area contributed by atoms with E-state index in [-0.39, 0.29) is 17.7 Å². The lowest BCUT2D eigenvalue weighted by molar-refractivity contribution is -0.140. The maximum absolute atomic E-state index is 13.0. The lowest BCUT2D eigenvalue weighted by atomic mass is 9.88. The molecule has 2 atom stereocenters. The molecule has 4 heteroatoms. The second-order valence-electron chi connectivity index (χ2n) is 7.55. The zero-order valence-electron chi connectivity index (χ0n) is 15.8. The van der Waals surface area contributed by atoms with E-state index in [1.807, 2.05) is 4.90 Å². The van der Waals surface area contributed by atoms with E-state index in [0.717, 1.165) is 51.7 Å². The van der Waals surface area contributed by atoms with Crippen molar-refractivity contribution < 1.29 is 9.59 Å². The number of nitrogens with zero attached hydrogens (tertiary/aromatic N) is 2. The summed E-state index contributed by atoms with van der Waals surface area (Å²) in [6.07, 6.45) is 6.37. The molecule has 0 spiro atoms. The topological polar surface area (TPSA) is 40.6 Å². The quantitative estimate of drug-likeness (QED) is 0.778. The molecule has 2 amide bonds. The molecule has 2 saturated heterocycles. The highest BCUT2D eigenvalue weighted by molar-refractivity contribution is 5.88. The molecule has 4 nitrogen and oxygen atoms in total. The molecule has 0 aliphatic carbocycles. The van der Waals surface area contributed by atoms with E-state index in [2.05, 4.69) is 37.8 Å². The molecule has 0 radical (unpaired) electrons. The number of likely N-dealkylation sites (tertiary alicyclic amines) is 2. The van der Waals surface area contributed by atoms with E-state index in [1.165, 1.54) is 17.2 Å². The van der Waals surface area contributed by atoms with E-state index >= 15 is 0 Å². The summed E-state index contributed by atoms with van der Waals surface area (Å²) < 4.78 is 0. The third-order valence-electron chi connectivity index (χ3n) is 5.85. The molecule has 0 bridgehead atoms. The molecule has 2 aliphatic rings. The summed E-state index contributed by atoms with van der Waals surface area (Å²) in [5, 5.41) is 0. The van der Waals surface area contributed by atoms with Crippen LogP contribution in [0.4, 0.5) is 0 Å². The predicted octanol–water partition coefficient (Wildman–Crippen LogP) is 3.38. The van der Waals surface area contributed by atoms with Crippen molar-refractivity contribution in [3.8, 4) is 0 Å². The van der Waals surface area contributed by atoms with Crippen molar-refractivity contribution in [2.45, 2.75) is 44.9 Å². The summed E-state index contributed by atoms with van der Waals surface area (Å²) in [4.78, 5) is 28.7. The second-order valence-corrected chi connectivity index (χ2v) is 7.55. The van der Waals surface area contributed by atoms with Gasteiger partial charge < -0.3 is 9.80 Å². The third kappa shape index (κ3) is 4.17. The SMILES string of the molecule is C=CC(=O)N1CCCC(C(=O)N2CCCC(c3ccc(CC)cc3)C2)C1. The van der Waals surface area contributed by atoms with Gasteiger partial charge in [-0.2, -0.15) is 0 Å². The van der Waals surface area contributed by atoms with Crippen molar-refractivity contribution in [2.24, 2.45) is 5.92 Å². The molecule has 0 saturated carbocycles. The smallest absolute Gasteiger partial charge is 0.245 e. The van der Waals surface area contributed by atoms with Crippen LogP contribution in [0.3, 0.4) is 0 Å². The minimum absolute atomic E-state index is 0.0602. The van der Waals surface area contributed by atoms with Gasteiger partial charge in [-0.15, -0.1) is 0 Å². The Morgan fingerprint density at radius 1 is 1.08 bits per heavy atom. The zero-order chi connectivity index (χ0) is 18.5. The third-order valence-corrected chi connectivity index (χ3v) is 5.85. The molecule has 140 valence electrons.